The Kier molecular flexibility index (Phi) is 4.71. The molecule has 8 heteroatoms. The molecule has 0 bridgehead atoms. The number of aryl methyl sites for hydroxylation is 1. The average Bonchev–Trinajstić information content (AvgIpc) is 3.18. The van der Waals surface area contributed by atoms with E-state index in [1.54, 1.807) is 18.5 Å². The summed E-state index contributed by atoms with van der Waals surface area (Å²) in [6.07, 6.45) is 4.76. The van der Waals surface area contributed by atoms with Crippen molar-refractivity contribution in [3.05, 3.63) is 70.9 Å². The Hall–Kier alpha value is -3.39. The molecule has 4 aromatic rings. The Balaban J connectivity index is 1.39. The third kappa shape index (κ3) is 3.75. The number of hydrogen-bond acceptors (Lipinski definition) is 6. The van der Waals surface area contributed by atoms with Crippen molar-refractivity contribution in [2.45, 2.75) is 13.0 Å². The molecule has 0 spiro atoms. The lowest BCUT2D eigenvalue weighted by Gasteiger charge is -2.07. The van der Waals surface area contributed by atoms with Gasteiger partial charge in [0.2, 0.25) is 5.91 Å². The van der Waals surface area contributed by atoms with Crippen LogP contribution < -0.4 is 10.9 Å². The number of nitrogens with zero attached hydrogens (tertiary/aromatic N) is 4. The van der Waals surface area contributed by atoms with Gasteiger partial charge in [-0.15, -0.1) is 11.3 Å². The van der Waals surface area contributed by atoms with E-state index in [1.807, 2.05) is 35.7 Å². The molecule has 0 radical (unpaired) electrons. The molecule has 7 nitrogen and oxygen atoms in total. The number of carbonyl (C=O) groups is 1. The first kappa shape index (κ1) is 17.0. The van der Waals surface area contributed by atoms with Crippen molar-refractivity contribution >= 4 is 33.1 Å². The fourth-order valence-corrected chi connectivity index (χ4v) is 3.35. The first-order valence-electron chi connectivity index (χ1n) is 8.31. The van der Waals surface area contributed by atoms with Crippen molar-refractivity contribution in [3.63, 3.8) is 0 Å². The van der Waals surface area contributed by atoms with Crippen molar-refractivity contribution in [1.29, 1.82) is 0 Å². The summed E-state index contributed by atoms with van der Waals surface area (Å²) < 4.78 is 1.45. The van der Waals surface area contributed by atoms with E-state index in [0.29, 0.717) is 21.7 Å². The molecule has 0 unspecified atom stereocenters. The van der Waals surface area contributed by atoms with E-state index in [2.05, 4.69) is 20.3 Å². The van der Waals surface area contributed by atoms with Crippen LogP contribution in [-0.2, 0) is 11.3 Å². The van der Waals surface area contributed by atoms with Gasteiger partial charge in [0.25, 0.3) is 5.56 Å². The minimum atomic E-state index is -0.219. The summed E-state index contributed by atoms with van der Waals surface area (Å²) in [5.74, 6) is 0.374. The van der Waals surface area contributed by atoms with Crippen molar-refractivity contribution in [3.8, 4) is 11.4 Å². The van der Waals surface area contributed by atoms with E-state index < -0.39 is 0 Å². The minimum absolute atomic E-state index is 0.135. The van der Waals surface area contributed by atoms with Crippen LogP contribution in [0.2, 0.25) is 0 Å². The molecule has 0 saturated heterocycles. The number of aromatic nitrogens is 4. The highest BCUT2D eigenvalue weighted by atomic mass is 32.1. The van der Waals surface area contributed by atoms with Crippen LogP contribution in [-0.4, -0.2) is 25.4 Å². The summed E-state index contributed by atoms with van der Waals surface area (Å²) in [6, 6.07) is 11.3. The van der Waals surface area contributed by atoms with Crippen LogP contribution in [0, 0.1) is 0 Å². The lowest BCUT2D eigenvalue weighted by Crippen LogP contribution is -2.23. The fourth-order valence-electron chi connectivity index (χ4n) is 2.63. The van der Waals surface area contributed by atoms with Gasteiger partial charge in [-0.25, -0.2) is 15.0 Å². The Morgan fingerprint density at radius 1 is 1.07 bits per heavy atom. The monoisotopic (exact) mass is 377 g/mol. The highest BCUT2D eigenvalue weighted by molar-refractivity contribution is 7.16. The van der Waals surface area contributed by atoms with E-state index in [9.17, 15) is 9.59 Å². The molecule has 0 fully saturated rings. The topological polar surface area (TPSA) is 89.8 Å². The smallest absolute Gasteiger partial charge is 0.262 e. The predicted octanol–water partition coefficient (Wildman–Crippen LogP) is 2.94. The zero-order valence-electron chi connectivity index (χ0n) is 14.2. The average molecular weight is 377 g/mol. The number of nitrogens with one attached hydrogen (secondary N) is 1. The molecule has 134 valence electrons. The van der Waals surface area contributed by atoms with Gasteiger partial charge >= 0.3 is 0 Å². The van der Waals surface area contributed by atoms with Crippen molar-refractivity contribution in [1.82, 2.24) is 19.5 Å². The normalized spacial score (nSPS) is 10.8. The summed E-state index contributed by atoms with van der Waals surface area (Å²) >= 11 is 1.42. The van der Waals surface area contributed by atoms with Gasteiger partial charge in [0.1, 0.15) is 4.83 Å². The number of anilines is 1. The Labute approximate surface area is 158 Å². The molecule has 27 heavy (non-hydrogen) atoms. The molecule has 0 aliphatic heterocycles. The molecule has 0 saturated carbocycles. The van der Waals surface area contributed by atoms with Crippen LogP contribution in [0.3, 0.4) is 0 Å². The van der Waals surface area contributed by atoms with E-state index in [0.717, 1.165) is 5.56 Å². The molecule has 0 atom stereocenters. The van der Waals surface area contributed by atoms with Crippen LogP contribution in [0.1, 0.15) is 6.42 Å². The Morgan fingerprint density at radius 2 is 1.85 bits per heavy atom. The SMILES string of the molecule is O=C(CCn1cnc2sccc2c1=O)Nc1cnc(-c2ccccc2)nc1. The summed E-state index contributed by atoms with van der Waals surface area (Å²) in [5, 5.41) is 5.15. The van der Waals surface area contributed by atoms with Gasteiger partial charge in [-0.2, -0.15) is 0 Å². The largest absolute Gasteiger partial charge is 0.323 e. The maximum atomic E-state index is 12.3. The van der Waals surface area contributed by atoms with E-state index in [1.165, 1.54) is 22.2 Å². The second kappa shape index (κ2) is 7.46. The number of amides is 1. The zero-order valence-corrected chi connectivity index (χ0v) is 15.0. The van der Waals surface area contributed by atoms with Crippen LogP contribution in [0.15, 0.2) is 65.3 Å². The molecular weight excluding hydrogens is 362 g/mol. The van der Waals surface area contributed by atoms with Crippen molar-refractivity contribution in [2.24, 2.45) is 0 Å². The third-order valence-corrected chi connectivity index (χ3v) is 4.82. The molecular formula is C19H15N5O2S. The molecule has 3 aromatic heterocycles. The van der Waals surface area contributed by atoms with E-state index in [-0.39, 0.29) is 24.4 Å². The maximum absolute atomic E-state index is 12.3. The van der Waals surface area contributed by atoms with Gasteiger partial charge in [0, 0.05) is 18.5 Å². The van der Waals surface area contributed by atoms with Gasteiger partial charge in [-0.05, 0) is 11.4 Å². The number of hydrogen-bond donors (Lipinski definition) is 1. The Bertz CT molecular complexity index is 1140. The molecule has 1 aromatic carbocycles. The van der Waals surface area contributed by atoms with Crippen LogP contribution in [0.5, 0.6) is 0 Å². The quantitative estimate of drug-likeness (QED) is 0.577. The number of benzene rings is 1. The standard InChI is InChI=1S/C19H15N5O2S/c25-16(6-8-24-12-22-18-15(19(24)26)7-9-27-18)23-14-10-20-17(21-11-14)13-4-2-1-3-5-13/h1-5,7,9-12H,6,8H2,(H,23,25). The molecule has 1 amide bonds. The van der Waals surface area contributed by atoms with Crippen LogP contribution in [0.4, 0.5) is 5.69 Å². The number of carbonyl (C=O) groups excluding carboxylic acids is 1. The van der Waals surface area contributed by atoms with Crippen LogP contribution >= 0.6 is 11.3 Å². The van der Waals surface area contributed by atoms with Crippen molar-refractivity contribution in [2.75, 3.05) is 5.32 Å². The summed E-state index contributed by atoms with van der Waals surface area (Å²) in [7, 11) is 0. The highest BCUT2D eigenvalue weighted by Gasteiger charge is 2.08. The van der Waals surface area contributed by atoms with E-state index >= 15 is 0 Å². The van der Waals surface area contributed by atoms with E-state index in [4.69, 9.17) is 0 Å². The highest BCUT2D eigenvalue weighted by Crippen LogP contribution is 2.15. The minimum Gasteiger partial charge on any atom is -0.323 e. The van der Waals surface area contributed by atoms with Gasteiger partial charge in [-0.3, -0.25) is 14.2 Å². The number of rotatable bonds is 5. The third-order valence-electron chi connectivity index (χ3n) is 4.00. The number of thiophene rings is 1. The fraction of sp³-hybridized carbons (Fsp3) is 0.105. The molecule has 4 rings (SSSR count). The van der Waals surface area contributed by atoms with Gasteiger partial charge in [-0.1, -0.05) is 30.3 Å². The number of fused-ring (bicyclic) bond motifs is 1. The summed E-state index contributed by atoms with van der Waals surface area (Å²) in [5.41, 5.74) is 1.29. The zero-order chi connectivity index (χ0) is 18.6. The molecule has 0 aliphatic rings. The van der Waals surface area contributed by atoms with Gasteiger partial charge in [0.15, 0.2) is 5.82 Å². The van der Waals surface area contributed by atoms with Crippen molar-refractivity contribution < 1.29 is 4.79 Å². The van der Waals surface area contributed by atoms with Gasteiger partial charge < -0.3 is 5.32 Å². The molecule has 0 aliphatic carbocycles. The second-order valence-corrected chi connectivity index (χ2v) is 6.74. The molecule has 1 N–H and O–H groups in total. The lowest BCUT2D eigenvalue weighted by molar-refractivity contribution is -0.116. The predicted molar refractivity (Wildman–Crippen MR) is 105 cm³/mol. The van der Waals surface area contributed by atoms with Crippen LogP contribution in [0.25, 0.3) is 21.6 Å². The molecule has 3 heterocycles. The summed E-state index contributed by atoms with van der Waals surface area (Å²) in [6.45, 7) is 0.256. The van der Waals surface area contributed by atoms with Gasteiger partial charge in [0.05, 0.1) is 29.8 Å². The first-order valence-corrected chi connectivity index (χ1v) is 9.18. The summed E-state index contributed by atoms with van der Waals surface area (Å²) in [4.78, 5) is 38.0. The lowest BCUT2D eigenvalue weighted by atomic mass is 10.2. The maximum Gasteiger partial charge on any atom is 0.262 e. The Morgan fingerprint density at radius 3 is 2.63 bits per heavy atom. The first-order chi connectivity index (χ1) is 13.2. The second-order valence-electron chi connectivity index (χ2n) is 5.84.